The number of anilines is 2. The van der Waals surface area contributed by atoms with Gasteiger partial charge in [0.05, 0.1) is 5.56 Å². The van der Waals surface area contributed by atoms with Crippen molar-refractivity contribution in [3.05, 3.63) is 45.8 Å². The third-order valence-electron chi connectivity index (χ3n) is 4.34. The van der Waals surface area contributed by atoms with Gasteiger partial charge in [-0.15, -0.1) is 11.3 Å². The summed E-state index contributed by atoms with van der Waals surface area (Å²) in [4.78, 5) is 36.9. The number of aromatic carboxylic acids is 1. The van der Waals surface area contributed by atoms with E-state index in [1.54, 1.807) is 24.3 Å². The maximum absolute atomic E-state index is 12.6. The number of rotatable bonds is 6. The molecule has 26 heavy (non-hydrogen) atoms. The summed E-state index contributed by atoms with van der Waals surface area (Å²) in [6.45, 7) is 3.73. The van der Waals surface area contributed by atoms with Crippen molar-refractivity contribution in [3.8, 4) is 0 Å². The summed E-state index contributed by atoms with van der Waals surface area (Å²) in [6, 6.07) is 6.64. The first-order valence-electron chi connectivity index (χ1n) is 8.48. The lowest BCUT2D eigenvalue weighted by Gasteiger charge is -2.08. The predicted molar refractivity (Wildman–Crippen MR) is 101 cm³/mol. The van der Waals surface area contributed by atoms with Gasteiger partial charge in [0, 0.05) is 22.0 Å². The summed E-state index contributed by atoms with van der Waals surface area (Å²) < 4.78 is 0. The van der Waals surface area contributed by atoms with Crippen LogP contribution in [0.5, 0.6) is 0 Å². The summed E-state index contributed by atoms with van der Waals surface area (Å²) in [6.07, 6.45) is 2.39. The molecule has 1 aromatic heterocycles. The highest BCUT2D eigenvalue weighted by molar-refractivity contribution is 7.16. The second kappa shape index (κ2) is 7.29. The molecule has 136 valence electrons. The van der Waals surface area contributed by atoms with Crippen LogP contribution in [-0.4, -0.2) is 22.9 Å². The highest BCUT2D eigenvalue weighted by Gasteiger charge is 2.29. The zero-order valence-electron chi connectivity index (χ0n) is 14.6. The normalized spacial score (nSPS) is 13.3. The van der Waals surface area contributed by atoms with E-state index in [2.05, 4.69) is 10.6 Å². The maximum Gasteiger partial charge on any atom is 0.339 e. The molecule has 0 atom stereocenters. The number of carbonyl (C=O) groups is 3. The van der Waals surface area contributed by atoms with E-state index in [0.717, 1.165) is 23.3 Å². The molecule has 0 saturated heterocycles. The number of benzene rings is 1. The number of carboxylic acid groups (broad SMARTS) is 1. The smallest absolute Gasteiger partial charge is 0.339 e. The number of aryl methyl sites for hydroxylation is 1. The van der Waals surface area contributed by atoms with E-state index in [0.29, 0.717) is 22.7 Å². The molecule has 1 fully saturated rings. The fraction of sp³-hybridized carbons (Fsp3) is 0.316. The van der Waals surface area contributed by atoms with Crippen molar-refractivity contribution in [2.24, 2.45) is 5.92 Å². The molecule has 0 unspecified atom stereocenters. The Bertz CT molecular complexity index is 884. The highest BCUT2D eigenvalue weighted by Crippen LogP contribution is 2.34. The van der Waals surface area contributed by atoms with Gasteiger partial charge in [-0.25, -0.2) is 4.79 Å². The molecule has 3 N–H and O–H groups in total. The Morgan fingerprint density at radius 1 is 1.23 bits per heavy atom. The van der Waals surface area contributed by atoms with Crippen molar-refractivity contribution < 1.29 is 19.5 Å². The van der Waals surface area contributed by atoms with Gasteiger partial charge in [-0.05, 0) is 49.9 Å². The zero-order chi connectivity index (χ0) is 18.8. The molecular formula is C19H20N2O4S. The van der Waals surface area contributed by atoms with Gasteiger partial charge in [-0.3, -0.25) is 9.59 Å². The van der Waals surface area contributed by atoms with Gasteiger partial charge in [0.1, 0.15) is 5.00 Å². The molecule has 1 saturated carbocycles. The molecule has 1 aliphatic rings. The van der Waals surface area contributed by atoms with Crippen molar-refractivity contribution in [1.29, 1.82) is 0 Å². The minimum absolute atomic E-state index is 0.0304. The fourth-order valence-corrected chi connectivity index (χ4v) is 3.95. The first-order chi connectivity index (χ1) is 12.4. The Balaban J connectivity index is 1.80. The molecule has 0 bridgehead atoms. The minimum Gasteiger partial charge on any atom is -0.478 e. The molecule has 7 heteroatoms. The molecule has 1 aliphatic carbocycles. The van der Waals surface area contributed by atoms with E-state index in [1.807, 2.05) is 13.8 Å². The number of carboxylic acids is 1. The van der Waals surface area contributed by atoms with Crippen LogP contribution < -0.4 is 10.6 Å². The first-order valence-corrected chi connectivity index (χ1v) is 9.30. The van der Waals surface area contributed by atoms with E-state index in [-0.39, 0.29) is 17.4 Å². The molecule has 0 spiro atoms. The van der Waals surface area contributed by atoms with Gasteiger partial charge in [0.25, 0.3) is 5.91 Å². The van der Waals surface area contributed by atoms with Crippen LogP contribution in [0.4, 0.5) is 10.7 Å². The Morgan fingerprint density at radius 3 is 2.58 bits per heavy atom. The number of amides is 2. The number of hydrogen-bond donors (Lipinski definition) is 3. The average Bonchev–Trinajstić information content (AvgIpc) is 3.39. The lowest BCUT2D eigenvalue weighted by molar-refractivity contribution is -0.117. The third kappa shape index (κ3) is 3.77. The highest BCUT2D eigenvalue weighted by atomic mass is 32.1. The molecule has 0 radical (unpaired) electrons. The van der Waals surface area contributed by atoms with Gasteiger partial charge in [-0.2, -0.15) is 0 Å². The monoisotopic (exact) mass is 372 g/mol. The Kier molecular flexibility index (Phi) is 5.08. The van der Waals surface area contributed by atoms with Crippen molar-refractivity contribution in [3.63, 3.8) is 0 Å². The molecule has 1 heterocycles. The van der Waals surface area contributed by atoms with Gasteiger partial charge in [0.2, 0.25) is 5.91 Å². The molecule has 2 aromatic rings. The van der Waals surface area contributed by atoms with Crippen LogP contribution in [0.2, 0.25) is 0 Å². The van der Waals surface area contributed by atoms with Gasteiger partial charge in [-0.1, -0.05) is 13.0 Å². The Hall–Kier alpha value is -2.67. The van der Waals surface area contributed by atoms with Crippen molar-refractivity contribution >= 4 is 39.8 Å². The number of carbonyl (C=O) groups excluding carboxylic acids is 2. The molecular weight excluding hydrogens is 352 g/mol. The summed E-state index contributed by atoms with van der Waals surface area (Å²) in [5, 5.41) is 15.3. The minimum atomic E-state index is -1.05. The molecule has 6 nitrogen and oxygen atoms in total. The maximum atomic E-state index is 12.6. The van der Waals surface area contributed by atoms with Gasteiger partial charge in [0.15, 0.2) is 0 Å². The van der Waals surface area contributed by atoms with E-state index in [9.17, 15) is 19.5 Å². The molecule has 2 amide bonds. The average molecular weight is 372 g/mol. The zero-order valence-corrected chi connectivity index (χ0v) is 15.4. The topological polar surface area (TPSA) is 95.5 Å². The second-order valence-electron chi connectivity index (χ2n) is 6.30. The van der Waals surface area contributed by atoms with Crippen LogP contribution in [0.25, 0.3) is 0 Å². The summed E-state index contributed by atoms with van der Waals surface area (Å²) >= 11 is 1.26. The quantitative estimate of drug-likeness (QED) is 0.716. The van der Waals surface area contributed by atoms with Crippen molar-refractivity contribution in [2.45, 2.75) is 33.1 Å². The lowest BCUT2D eigenvalue weighted by Crippen LogP contribution is -2.16. The Labute approximate surface area is 155 Å². The van der Waals surface area contributed by atoms with Crippen molar-refractivity contribution in [1.82, 2.24) is 0 Å². The lowest BCUT2D eigenvalue weighted by atomic mass is 10.1. The number of hydrogen-bond acceptors (Lipinski definition) is 4. The summed E-state index contributed by atoms with van der Waals surface area (Å²) in [5.41, 5.74) is 1.81. The van der Waals surface area contributed by atoms with Crippen LogP contribution in [0.1, 0.15) is 50.9 Å². The fourth-order valence-electron chi connectivity index (χ4n) is 2.82. The van der Waals surface area contributed by atoms with Crippen LogP contribution in [-0.2, 0) is 11.2 Å². The van der Waals surface area contributed by atoms with Gasteiger partial charge >= 0.3 is 5.97 Å². The SMILES string of the molecule is CCc1c(C)sc(NC(=O)c2cccc(NC(=O)C3CC3)c2)c1C(=O)O. The van der Waals surface area contributed by atoms with E-state index in [4.69, 9.17) is 0 Å². The molecule has 1 aromatic carbocycles. The second-order valence-corrected chi connectivity index (χ2v) is 7.52. The van der Waals surface area contributed by atoms with Crippen LogP contribution in [0.15, 0.2) is 24.3 Å². The standard InChI is InChI=1S/C19H20N2O4S/c1-3-14-10(2)26-18(15(14)19(24)25)21-17(23)12-5-4-6-13(9-12)20-16(22)11-7-8-11/h4-6,9,11H,3,7-8H2,1-2H3,(H,20,22)(H,21,23)(H,24,25). The summed E-state index contributed by atoms with van der Waals surface area (Å²) in [5.74, 6) is -1.41. The number of thiophene rings is 1. The third-order valence-corrected chi connectivity index (χ3v) is 5.41. The first kappa shape index (κ1) is 18.1. The molecule has 0 aliphatic heterocycles. The van der Waals surface area contributed by atoms with Crippen LogP contribution in [0, 0.1) is 12.8 Å². The van der Waals surface area contributed by atoms with Gasteiger partial charge < -0.3 is 15.7 Å². The van der Waals surface area contributed by atoms with Crippen LogP contribution in [0.3, 0.4) is 0 Å². The summed E-state index contributed by atoms with van der Waals surface area (Å²) in [7, 11) is 0. The number of nitrogens with one attached hydrogen (secondary N) is 2. The molecule has 3 rings (SSSR count). The predicted octanol–water partition coefficient (Wildman–Crippen LogP) is 3.92. The largest absolute Gasteiger partial charge is 0.478 e. The van der Waals surface area contributed by atoms with E-state index < -0.39 is 11.9 Å². The Morgan fingerprint density at radius 2 is 1.96 bits per heavy atom. The van der Waals surface area contributed by atoms with Crippen molar-refractivity contribution in [2.75, 3.05) is 10.6 Å². The van der Waals surface area contributed by atoms with E-state index in [1.165, 1.54) is 11.3 Å². The van der Waals surface area contributed by atoms with E-state index >= 15 is 0 Å². The van der Waals surface area contributed by atoms with Crippen LogP contribution >= 0.6 is 11.3 Å².